The highest BCUT2D eigenvalue weighted by Crippen LogP contribution is 2.33. The van der Waals surface area contributed by atoms with Crippen molar-refractivity contribution in [3.8, 4) is 5.75 Å². The Labute approximate surface area is 110 Å². The average molecular weight is 323 g/mol. The van der Waals surface area contributed by atoms with Gasteiger partial charge in [0.05, 0.1) is 4.83 Å². The van der Waals surface area contributed by atoms with Gasteiger partial charge in [0.15, 0.2) is 0 Å². The molecule has 0 amide bonds. The molecule has 1 rings (SSSR count). The number of halogens is 3. The zero-order chi connectivity index (χ0) is 13.9. The zero-order valence-corrected chi connectivity index (χ0v) is 10.8. The molecule has 1 N–H and O–H groups in total. The molecular formula is C11H9BrF2O4. The normalized spacial score (nSPS) is 12.3. The second-order valence-corrected chi connectivity index (χ2v) is 4.29. The molecule has 1 atom stereocenters. The van der Waals surface area contributed by atoms with E-state index in [1.807, 2.05) is 0 Å². The molecule has 18 heavy (non-hydrogen) atoms. The molecule has 0 aliphatic carbocycles. The van der Waals surface area contributed by atoms with Gasteiger partial charge < -0.3 is 9.84 Å². The van der Waals surface area contributed by atoms with Crippen molar-refractivity contribution in [3.63, 3.8) is 0 Å². The maximum absolute atomic E-state index is 12.2. The Bertz CT molecular complexity index is 476. The van der Waals surface area contributed by atoms with E-state index >= 15 is 0 Å². The highest BCUT2D eigenvalue weighted by Gasteiger charge is 2.25. The van der Waals surface area contributed by atoms with Crippen LogP contribution in [0.2, 0.25) is 0 Å². The molecule has 0 saturated heterocycles. The summed E-state index contributed by atoms with van der Waals surface area (Å²) < 4.78 is 28.5. The van der Waals surface area contributed by atoms with Gasteiger partial charge in [0.25, 0.3) is 0 Å². The van der Waals surface area contributed by atoms with Gasteiger partial charge in [-0.1, -0.05) is 28.1 Å². The van der Waals surface area contributed by atoms with E-state index in [9.17, 15) is 18.4 Å². The van der Waals surface area contributed by atoms with E-state index < -0.39 is 28.7 Å². The number of benzene rings is 1. The van der Waals surface area contributed by atoms with Crippen LogP contribution in [0.4, 0.5) is 8.78 Å². The maximum atomic E-state index is 12.2. The van der Waals surface area contributed by atoms with Crippen molar-refractivity contribution < 1.29 is 28.2 Å². The first-order chi connectivity index (χ1) is 8.34. The number of carbonyl (C=O) groups is 2. The Morgan fingerprint density at radius 3 is 2.44 bits per heavy atom. The van der Waals surface area contributed by atoms with Crippen LogP contribution in [-0.4, -0.2) is 23.5 Å². The van der Waals surface area contributed by atoms with E-state index in [-0.39, 0.29) is 11.3 Å². The van der Waals surface area contributed by atoms with E-state index in [0.717, 1.165) is 6.07 Å². The monoisotopic (exact) mass is 322 g/mol. The molecule has 1 aromatic carbocycles. The summed E-state index contributed by atoms with van der Waals surface area (Å²) in [7, 11) is 0. The minimum atomic E-state index is -3.13. The van der Waals surface area contributed by atoms with Gasteiger partial charge in [-0.05, 0) is 18.6 Å². The second-order valence-electron chi connectivity index (χ2n) is 3.38. The maximum Gasteiger partial charge on any atom is 0.387 e. The summed E-state index contributed by atoms with van der Waals surface area (Å²) in [5, 5.41) is 9.03. The van der Waals surface area contributed by atoms with Crippen molar-refractivity contribution in [3.05, 3.63) is 29.3 Å². The molecule has 1 aromatic rings. The summed E-state index contributed by atoms with van der Waals surface area (Å²) in [5.41, 5.74) is -0.372. The van der Waals surface area contributed by atoms with Crippen LogP contribution in [-0.2, 0) is 4.79 Å². The Hall–Kier alpha value is -1.50. The first kappa shape index (κ1) is 14.6. The second kappa shape index (κ2) is 5.90. The van der Waals surface area contributed by atoms with Crippen LogP contribution in [0.25, 0.3) is 0 Å². The average Bonchev–Trinajstić information content (AvgIpc) is 2.26. The number of hydrogen-bond donors (Lipinski definition) is 1. The topological polar surface area (TPSA) is 63.6 Å². The lowest BCUT2D eigenvalue weighted by atomic mass is 10.0. The summed E-state index contributed by atoms with van der Waals surface area (Å²) in [5.74, 6) is -2.25. The SMILES string of the molecule is CC(=O)C(Br)c1cccc(OC(F)F)c1C(=O)O. The molecule has 0 aromatic heterocycles. The largest absolute Gasteiger partial charge is 0.478 e. The van der Waals surface area contributed by atoms with Gasteiger partial charge in [0, 0.05) is 0 Å². The molecule has 1 unspecified atom stereocenters. The van der Waals surface area contributed by atoms with Crippen molar-refractivity contribution in [2.75, 3.05) is 0 Å². The van der Waals surface area contributed by atoms with Crippen molar-refractivity contribution in [1.82, 2.24) is 0 Å². The summed E-state index contributed by atoms with van der Waals surface area (Å²) in [6, 6.07) is 3.82. The third-order valence-corrected chi connectivity index (χ3v) is 3.26. The molecular weight excluding hydrogens is 314 g/mol. The molecule has 0 bridgehead atoms. The summed E-state index contributed by atoms with van der Waals surface area (Å²) >= 11 is 3.01. The number of hydrogen-bond acceptors (Lipinski definition) is 3. The minimum Gasteiger partial charge on any atom is -0.478 e. The molecule has 0 aliphatic rings. The fourth-order valence-corrected chi connectivity index (χ4v) is 1.78. The number of Topliss-reactive ketones (excluding diaryl/α,β-unsaturated/α-hetero) is 1. The number of carboxylic acids is 1. The summed E-state index contributed by atoms with van der Waals surface area (Å²) in [6.07, 6.45) is 0. The van der Waals surface area contributed by atoms with Crippen molar-refractivity contribution in [2.24, 2.45) is 0 Å². The predicted octanol–water partition coefficient (Wildman–Crippen LogP) is 3.01. The van der Waals surface area contributed by atoms with E-state index in [2.05, 4.69) is 20.7 Å². The lowest BCUT2D eigenvalue weighted by Crippen LogP contribution is -2.13. The molecule has 4 nitrogen and oxygen atoms in total. The van der Waals surface area contributed by atoms with Gasteiger partial charge in [-0.15, -0.1) is 0 Å². The van der Waals surface area contributed by atoms with Crippen molar-refractivity contribution in [1.29, 1.82) is 0 Å². The fourth-order valence-electron chi connectivity index (χ4n) is 1.40. The Kier molecular flexibility index (Phi) is 4.77. The lowest BCUT2D eigenvalue weighted by molar-refractivity contribution is -0.116. The highest BCUT2D eigenvalue weighted by molar-refractivity contribution is 9.09. The Balaban J connectivity index is 3.34. The first-order valence-corrected chi connectivity index (χ1v) is 5.71. The molecule has 0 heterocycles. The van der Waals surface area contributed by atoms with Gasteiger partial charge in [-0.2, -0.15) is 8.78 Å². The van der Waals surface area contributed by atoms with Gasteiger partial charge in [0.2, 0.25) is 0 Å². The molecule has 98 valence electrons. The molecule has 0 fully saturated rings. The summed E-state index contributed by atoms with van der Waals surface area (Å²) in [4.78, 5) is 21.4. The molecule has 0 spiro atoms. The Morgan fingerprint density at radius 1 is 1.39 bits per heavy atom. The van der Waals surface area contributed by atoms with Crippen LogP contribution >= 0.6 is 15.9 Å². The minimum absolute atomic E-state index is 0.0770. The van der Waals surface area contributed by atoms with Crippen molar-refractivity contribution in [2.45, 2.75) is 18.4 Å². The zero-order valence-electron chi connectivity index (χ0n) is 9.19. The predicted molar refractivity (Wildman–Crippen MR) is 62.4 cm³/mol. The smallest absolute Gasteiger partial charge is 0.387 e. The van der Waals surface area contributed by atoms with Gasteiger partial charge >= 0.3 is 12.6 Å². The van der Waals surface area contributed by atoms with E-state index in [1.165, 1.54) is 19.1 Å². The van der Waals surface area contributed by atoms with Gasteiger partial charge in [0.1, 0.15) is 17.1 Å². The van der Waals surface area contributed by atoms with Crippen LogP contribution in [0.3, 0.4) is 0 Å². The third kappa shape index (κ3) is 3.25. The van der Waals surface area contributed by atoms with Crippen LogP contribution in [0, 0.1) is 0 Å². The molecule has 0 radical (unpaired) electrons. The van der Waals surface area contributed by atoms with Gasteiger partial charge in [-0.3, -0.25) is 4.79 Å². The van der Waals surface area contributed by atoms with Crippen LogP contribution < -0.4 is 4.74 Å². The van der Waals surface area contributed by atoms with Crippen LogP contribution in [0.5, 0.6) is 5.75 Å². The molecule has 0 aliphatic heterocycles. The number of ketones is 1. The standard InChI is InChI=1S/C11H9BrF2O4/c1-5(15)9(12)6-3-2-4-7(18-11(13)14)8(6)10(16)17/h2-4,9,11H,1H3,(H,16,17). The van der Waals surface area contributed by atoms with Crippen LogP contribution in [0.1, 0.15) is 27.7 Å². The van der Waals surface area contributed by atoms with E-state index in [0.29, 0.717) is 0 Å². The number of carbonyl (C=O) groups excluding carboxylic acids is 1. The number of carboxylic acid groups (broad SMARTS) is 1. The highest BCUT2D eigenvalue weighted by atomic mass is 79.9. The summed E-state index contributed by atoms with van der Waals surface area (Å²) in [6.45, 7) is -1.88. The van der Waals surface area contributed by atoms with Gasteiger partial charge in [-0.25, -0.2) is 4.79 Å². The number of rotatable bonds is 5. The van der Waals surface area contributed by atoms with E-state index in [1.54, 1.807) is 0 Å². The van der Waals surface area contributed by atoms with E-state index in [4.69, 9.17) is 5.11 Å². The van der Waals surface area contributed by atoms with Crippen LogP contribution in [0.15, 0.2) is 18.2 Å². The number of aromatic carboxylic acids is 1. The Morgan fingerprint density at radius 2 is 2.00 bits per heavy atom. The molecule has 0 saturated carbocycles. The fraction of sp³-hybridized carbons (Fsp3) is 0.273. The number of alkyl halides is 3. The quantitative estimate of drug-likeness (QED) is 0.846. The first-order valence-electron chi connectivity index (χ1n) is 4.80. The van der Waals surface area contributed by atoms with Crippen molar-refractivity contribution >= 4 is 27.7 Å². The molecule has 7 heteroatoms. The lowest BCUT2D eigenvalue weighted by Gasteiger charge is -2.14. The third-order valence-electron chi connectivity index (χ3n) is 2.12. The number of ether oxygens (including phenoxy) is 1.